The number of alkyl halides is 8. The highest BCUT2D eigenvalue weighted by Gasteiger charge is 2.64. The van der Waals surface area contributed by atoms with Gasteiger partial charge in [0.05, 0.1) is 11.1 Å². The van der Waals surface area contributed by atoms with Crippen LogP contribution >= 0.6 is 0 Å². The van der Waals surface area contributed by atoms with Crippen molar-refractivity contribution in [1.82, 2.24) is 24.8 Å². The van der Waals surface area contributed by atoms with Crippen LogP contribution in [-0.4, -0.2) is 35.9 Å². The molecule has 174 valence electrons. The van der Waals surface area contributed by atoms with Crippen molar-refractivity contribution in [3.63, 3.8) is 0 Å². The van der Waals surface area contributed by atoms with Gasteiger partial charge in [0.15, 0.2) is 11.5 Å². The first kappa shape index (κ1) is 23.6. The van der Waals surface area contributed by atoms with Crippen LogP contribution in [0.25, 0.3) is 17.1 Å². The molecular weight excluding hydrogens is 474 g/mol. The molecule has 0 N–H and O–H groups in total. The molecule has 33 heavy (non-hydrogen) atoms. The van der Waals surface area contributed by atoms with Crippen LogP contribution < -0.4 is 0 Å². The average Bonchev–Trinajstić information content (AvgIpc) is 3.30. The number of nitro benzene ring substituents is 1. The molecule has 0 amide bonds. The van der Waals surface area contributed by atoms with Gasteiger partial charge in [-0.3, -0.25) is 10.1 Å². The van der Waals surface area contributed by atoms with Gasteiger partial charge in [0.25, 0.3) is 5.69 Å². The monoisotopic (exact) mass is 481 g/mol. The third kappa shape index (κ3) is 3.94. The number of nitro groups is 1. The minimum absolute atomic E-state index is 0.0940. The standard InChI is InChI=1S/C16H7F8N7O2/c1-29-13(11(15(19,20)21)12(27-29)14(17,18)16(22,23)24)30-6-9(26-28-30)7-2-3-8(5-25)10(4-7)31(32)33/h2-4,6H,1H3. The van der Waals surface area contributed by atoms with E-state index < -0.39 is 46.0 Å². The molecule has 0 aliphatic rings. The maximum atomic E-state index is 13.8. The predicted octanol–water partition coefficient (Wildman–Crippen LogP) is 4.12. The van der Waals surface area contributed by atoms with Crippen LogP contribution in [-0.2, 0) is 19.1 Å². The smallest absolute Gasteiger partial charge is 0.258 e. The highest BCUT2D eigenvalue weighted by molar-refractivity contribution is 5.65. The van der Waals surface area contributed by atoms with Gasteiger partial charge in [0, 0.05) is 18.7 Å². The van der Waals surface area contributed by atoms with E-state index in [4.69, 9.17) is 5.26 Å². The first-order chi connectivity index (χ1) is 15.1. The molecule has 3 rings (SSSR count). The summed E-state index contributed by atoms with van der Waals surface area (Å²) in [4.78, 5) is 10.2. The Kier molecular flexibility index (Phi) is 5.35. The van der Waals surface area contributed by atoms with Gasteiger partial charge >= 0.3 is 18.3 Å². The van der Waals surface area contributed by atoms with Crippen LogP contribution in [0.15, 0.2) is 24.4 Å². The fourth-order valence-corrected chi connectivity index (χ4v) is 2.83. The zero-order valence-electron chi connectivity index (χ0n) is 15.8. The summed E-state index contributed by atoms with van der Waals surface area (Å²) in [6.07, 6.45) is -11.4. The number of aromatic nitrogens is 5. The van der Waals surface area contributed by atoms with Gasteiger partial charge in [-0.2, -0.15) is 45.5 Å². The maximum absolute atomic E-state index is 13.8. The van der Waals surface area contributed by atoms with E-state index in [1.54, 1.807) is 6.07 Å². The Morgan fingerprint density at radius 1 is 1.12 bits per heavy atom. The van der Waals surface area contributed by atoms with E-state index in [1.807, 2.05) is 0 Å². The number of nitrogens with zero attached hydrogens (tertiary/aromatic N) is 7. The number of benzene rings is 1. The molecule has 0 aliphatic heterocycles. The van der Waals surface area contributed by atoms with Crippen molar-refractivity contribution < 1.29 is 40.0 Å². The Bertz CT molecular complexity index is 1280. The van der Waals surface area contributed by atoms with Crippen molar-refractivity contribution in [2.24, 2.45) is 7.05 Å². The fraction of sp³-hybridized carbons (Fsp3) is 0.250. The molecule has 3 aromatic rings. The molecule has 2 aromatic heterocycles. The van der Waals surface area contributed by atoms with Gasteiger partial charge in [-0.05, 0) is 6.07 Å². The summed E-state index contributed by atoms with van der Waals surface area (Å²) in [5.41, 5.74) is -6.36. The quantitative estimate of drug-likeness (QED) is 0.315. The van der Waals surface area contributed by atoms with E-state index in [0.29, 0.717) is 13.2 Å². The van der Waals surface area contributed by atoms with Crippen molar-refractivity contribution in [2.45, 2.75) is 18.3 Å². The van der Waals surface area contributed by atoms with Gasteiger partial charge < -0.3 is 0 Å². The molecule has 0 unspecified atom stereocenters. The predicted molar refractivity (Wildman–Crippen MR) is 89.9 cm³/mol. The molecule has 0 radical (unpaired) electrons. The van der Waals surface area contributed by atoms with Gasteiger partial charge in [0.1, 0.15) is 22.9 Å². The lowest BCUT2D eigenvalue weighted by molar-refractivity contribution is -0.385. The maximum Gasteiger partial charge on any atom is 0.459 e. The lowest BCUT2D eigenvalue weighted by Gasteiger charge is -2.19. The number of halogens is 8. The average molecular weight is 481 g/mol. The topological polar surface area (TPSA) is 115 Å². The van der Waals surface area contributed by atoms with Crippen molar-refractivity contribution >= 4 is 5.69 Å². The summed E-state index contributed by atoms with van der Waals surface area (Å²) in [5, 5.41) is 29.5. The fourth-order valence-electron chi connectivity index (χ4n) is 2.83. The summed E-state index contributed by atoms with van der Waals surface area (Å²) in [7, 11) is 0.689. The lowest BCUT2D eigenvalue weighted by atomic mass is 10.1. The minimum Gasteiger partial charge on any atom is -0.258 e. The highest BCUT2D eigenvalue weighted by atomic mass is 19.4. The number of nitriles is 1. The van der Waals surface area contributed by atoms with Crippen LogP contribution in [0.1, 0.15) is 16.8 Å². The molecule has 0 atom stereocenters. The van der Waals surface area contributed by atoms with E-state index in [0.717, 1.165) is 18.2 Å². The molecule has 0 spiro atoms. The molecule has 0 saturated heterocycles. The zero-order valence-corrected chi connectivity index (χ0v) is 15.8. The van der Waals surface area contributed by atoms with E-state index in [9.17, 15) is 45.2 Å². The van der Waals surface area contributed by atoms with E-state index in [1.165, 1.54) is 0 Å². The largest absolute Gasteiger partial charge is 0.459 e. The zero-order chi connectivity index (χ0) is 24.9. The number of rotatable bonds is 4. The number of hydrogen-bond acceptors (Lipinski definition) is 6. The summed E-state index contributed by atoms with van der Waals surface area (Å²) in [6, 6.07) is 4.61. The molecule has 0 bridgehead atoms. The Hall–Kier alpha value is -4.10. The first-order valence-electron chi connectivity index (χ1n) is 8.30. The second kappa shape index (κ2) is 7.50. The summed E-state index contributed by atoms with van der Waals surface area (Å²) >= 11 is 0. The van der Waals surface area contributed by atoms with Crippen LogP contribution in [0, 0.1) is 21.4 Å². The van der Waals surface area contributed by atoms with Crippen molar-refractivity contribution in [1.29, 1.82) is 5.26 Å². The highest BCUT2D eigenvalue weighted by Crippen LogP contribution is 2.49. The van der Waals surface area contributed by atoms with Crippen molar-refractivity contribution in [3.05, 3.63) is 51.3 Å². The first-order valence-corrected chi connectivity index (χ1v) is 8.30. The lowest BCUT2D eigenvalue weighted by Crippen LogP contribution is -2.36. The molecule has 9 nitrogen and oxygen atoms in total. The SMILES string of the molecule is Cn1nc(C(F)(F)C(F)(F)F)c(C(F)(F)F)c1-n1cc(-c2ccc(C#N)c([N+](=O)[O-])c2)nn1. The van der Waals surface area contributed by atoms with E-state index in [-0.39, 0.29) is 26.2 Å². The summed E-state index contributed by atoms with van der Waals surface area (Å²) in [5.74, 6) is -7.24. The van der Waals surface area contributed by atoms with E-state index >= 15 is 0 Å². The normalized spacial score (nSPS) is 12.6. The Morgan fingerprint density at radius 2 is 1.76 bits per heavy atom. The molecule has 1 aromatic carbocycles. The number of aryl methyl sites for hydroxylation is 1. The third-order valence-electron chi connectivity index (χ3n) is 4.27. The van der Waals surface area contributed by atoms with Gasteiger partial charge in [-0.15, -0.1) is 5.10 Å². The molecule has 0 aliphatic carbocycles. The third-order valence-corrected chi connectivity index (χ3v) is 4.27. The molecule has 0 fully saturated rings. The van der Waals surface area contributed by atoms with Gasteiger partial charge in [0.2, 0.25) is 0 Å². The number of hydrogen-bond donors (Lipinski definition) is 0. The molecule has 0 saturated carbocycles. The van der Waals surface area contributed by atoms with Crippen LogP contribution in [0.4, 0.5) is 40.8 Å². The summed E-state index contributed by atoms with van der Waals surface area (Å²) < 4.78 is 107. The Labute approximate surface area is 176 Å². The van der Waals surface area contributed by atoms with E-state index in [2.05, 4.69) is 15.4 Å². The Balaban J connectivity index is 2.20. The second-order valence-corrected chi connectivity index (χ2v) is 6.39. The van der Waals surface area contributed by atoms with Crippen LogP contribution in [0.3, 0.4) is 0 Å². The molecule has 2 heterocycles. The van der Waals surface area contributed by atoms with Gasteiger partial charge in [-0.25, -0.2) is 9.36 Å². The van der Waals surface area contributed by atoms with Crippen molar-refractivity contribution in [2.75, 3.05) is 0 Å². The second-order valence-electron chi connectivity index (χ2n) is 6.39. The molecule has 17 heteroatoms. The van der Waals surface area contributed by atoms with Crippen molar-refractivity contribution in [3.8, 4) is 23.1 Å². The van der Waals surface area contributed by atoms with Crippen LogP contribution in [0.5, 0.6) is 0 Å². The molecular formula is C16H7F8N7O2. The van der Waals surface area contributed by atoms with Gasteiger partial charge in [-0.1, -0.05) is 11.3 Å². The summed E-state index contributed by atoms with van der Waals surface area (Å²) in [6.45, 7) is 0. The Morgan fingerprint density at radius 3 is 2.27 bits per heavy atom. The van der Waals surface area contributed by atoms with Crippen LogP contribution in [0.2, 0.25) is 0 Å². The minimum atomic E-state index is -6.37.